The van der Waals surface area contributed by atoms with Crippen molar-refractivity contribution in [2.24, 2.45) is 0 Å². The van der Waals surface area contributed by atoms with Crippen LogP contribution in [0.15, 0.2) is 35.2 Å². The zero-order valence-electron chi connectivity index (χ0n) is 9.33. The summed E-state index contributed by atoms with van der Waals surface area (Å²) >= 11 is 0. The molecule has 0 amide bonds. The Bertz CT molecular complexity index is 402. The summed E-state index contributed by atoms with van der Waals surface area (Å²) in [5.74, 6) is 0. The summed E-state index contributed by atoms with van der Waals surface area (Å²) in [5, 5.41) is 9.10. The molecule has 1 aromatic carbocycles. The van der Waals surface area contributed by atoms with E-state index in [1.807, 2.05) is 6.92 Å². The average molecular weight is 243 g/mol. The van der Waals surface area contributed by atoms with Crippen molar-refractivity contribution in [2.45, 2.75) is 24.7 Å². The minimum absolute atomic E-state index is 0.222. The minimum atomic E-state index is -3.54. The van der Waals surface area contributed by atoms with Gasteiger partial charge in [-0.2, -0.15) is 4.31 Å². The summed E-state index contributed by atoms with van der Waals surface area (Å²) < 4.78 is 25.2. The Labute approximate surface area is 96.6 Å². The first-order chi connectivity index (χ1) is 7.62. The fourth-order valence-corrected chi connectivity index (χ4v) is 2.66. The number of aliphatic hydroxyl groups excluding tert-OH is 1. The van der Waals surface area contributed by atoms with Gasteiger partial charge in [0, 0.05) is 6.54 Å². The molecule has 0 aliphatic carbocycles. The Morgan fingerprint density at radius 2 is 1.88 bits per heavy atom. The van der Waals surface area contributed by atoms with Gasteiger partial charge in [-0.25, -0.2) is 8.42 Å². The molecule has 0 saturated heterocycles. The van der Waals surface area contributed by atoms with Crippen molar-refractivity contribution in [2.75, 3.05) is 13.3 Å². The molecule has 0 radical (unpaired) electrons. The third kappa shape index (κ3) is 3.04. The van der Waals surface area contributed by atoms with Crippen molar-refractivity contribution in [1.29, 1.82) is 0 Å². The molecular formula is C11H17NO3S. The summed E-state index contributed by atoms with van der Waals surface area (Å²) in [6.07, 6.45) is 1.63. The number of benzene rings is 1. The summed E-state index contributed by atoms with van der Waals surface area (Å²) in [4.78, 5) is 0.222. The van der Waals surface area contributed by atoms with Gasteiger partial charge >= 0.3 is 0 Å². The average Bonchev–Trinajstić information content (AvgIpc) is 2.31. The molecule has 0 unspecified atom stereocenters. The lowest BCUT2D eigenvalue weighted by Crippen LogP contribution is -2.32. The standard InChI is InChI=1S/C11H17NO3S/c1-2-3-9-12(10-13)16(14,15)11-7-5-4-6-8-11/h4-8,13H,2-3,9-10H2,1H3. The lowest BCUT2D eigenvalue weighted by Gasteiger charge is -2.19. The number of sulfonamides is 1. The van der Waals surface area contributed by atoms with Crippen LogP contribution in [-0.2, 0) is 10.0 Å². The highest BCUT2D eigenvalue weighted by Crippen LogP contribution is 2.14. The van der Waals surface area contributed by atoms with E-state index >= 15 is 0 Å². The van der Waals surface area contributed by atoms with Gasteiger partial charge in [0.15, 0.2) is 0 Å². The summed E-state index contributed by atoms with van der Waals surface area (Å²) in [5.41, 5.74) is 0. The molecule has 90 valence electrons. The van der Waals surface area contributed by atoms with Crippen LogP contribution < -0.4 is 0 Å². The van der Waals surface area contributed by atoms with Crippen LogP contribution in [-0.4, -0.2) is 31.1 Å². The van der Waals surface area contributed by atoms with Gasteiger partial charge in [-0.3, -0.25) is 0 Å². The van der Waals surface area contributed by atoms with E-state index in [-0.39, 0.29) is 4.90 Å². The van der Waals surface area contributed by atoms with Gasteiger partial charge < -0.3 is 5.11 Å². The summed E-state index contributed by atoms with van der Waals surface area (Å²) in [6.45, 7) is 1.85. The molecule has 0 aliphatic heterocycles. The number of rotatable bonds is 6. The highest BCUT2D eigenvalue weighted by Gasteiger charge is 2.22. The molecule has 1 rings (SSSR count). The predicted octanol–water partition coefficient (Wildman–Crippen LogP) is 1.43. The van der Waals surface area contributed by atoms with Gasteiger partial charge in [-0.05, 0) is 18.6 Å². The van der Waals surface area contributed by atoms with Crippen LogP contribution in [0, 0.1) is 0 Å². The van der Waals surface area contributed by atoms with E-state index in [1.54, 1.807) is 18.2 Å². The van der Waals surface area contributed by atoms with E-state index in [9.17, 15) is 8.42 Å². The fourth-order valence-electron chi connectivity index (χ4n) is 1.34. The zero-order chi connectivity index (χ0) is 12.0. The third-order valence-corrected chi connectivity index (χ3v) is 4.15. The maximum atomic E-state index is 12.0. The highest BCUT2D eigenvalue weighted by atomic mass is 32.2. The van der Waals surface area contributed by atoms with Crippen LogP contribution in [0.1, 0.15) is 19.8 Å². The van der Waals surface area contributed by atoms with E-state index in [0.717, 1.165) is 17.1 Å². The van der Waals surface area contributed by atoms with Crippen LogP contribution in [0.25, 0.3) is 0 Å². The first-order valence-electron chi connectivity index (χ1n) is 5.29. The molecule has 4 nitrogen and oxygen atoms in total. The Morgan fingerprint density at radius 3 is 2.38 bits per heavy atom. The summed E-state index contributed by atoms with van der Waals surface area (Å²) in [6, 6.07) is 8.16. The zero-order valence-corrected chi connectivity index (χ0v) is 10.2. The van der Waals surface area contributed by atoms with Gasteiger partial charge in [0.25, 0.3) is 0 Å². The second kappa shape index (κ2) is 5.98. The van der Waals surface area contributed by atoms with E-state index < -0.39 is 16.8 Å². The van der Waals surface area contributed by atoms with Crippen LogP contribution in [0.3, 0.4) is 0 Å². The van der Waals surface area contributed by atoms with Crippen molar-refractivity contribution in [1.82, 2.24) is 4.31 Å². The van der Waals surface area contributed by atoms with E-state index in [2.05, 4.69) is 0 Å². The van der Waals surface area contributed by atoms with E-state index in [4.69, 9.17) is 5.11 Å². The van der Waals surface area contributed by atoms with Crippen LogP contribution in [0.4, 0.5) is 0 Å². The van der Waals surface area contributed by atoms with Crippen molar-refractivity contribution >= 4 is 10.0 Å². The van der Waals surface area contributed by atoms with Crippen molar-refractivity contribution in [3.8, 4) is 0 Å². The molecule has 1 N–H and O–H groups in total. The number of unbranched alkanes of at least 4 members (excludes halogenated alkanes) is 1. The van der Waals surface area contributed by atoms with Gasteiger partial charge in [-0.1, -0.05) is 31.5 Å². The maximum absolute atomic E-state index is 12.0. The van der Waals surface area contributed by atoms with Gasteiger partial charge in [0.05, 0.1) is 4.90 Å². The Morgan fingerprint density at radius 1 is 1.25 bits per heavy atom. The van der Waals surface area contributed by atoms with Crippen LogP contribution in [0.2, 0.25) is 0 Å². The van der Waals surface area contributed by atoms with E-state index in [1.165, 1.54) is 12.1 Å². The smallest absolute Gasteiger partial charge is 0.245 e. The molecule has 5 heteroatoms. The topological polar surface area (TPSA) is 57.6 Å². The van der Waals surface area contributed by atoms with Crippen molar-refractivity contribution in [3.63, 3.8) is 0 Å². The molecule has 0 aliphatic rings. The normalized spacial score (nSPS) is 11.9. The predicted molar refractivity (Wildman–Crippen MR) is 62.3 cm³/mol. The minimum Gasteiger partial charge on any atom is -0.380 e. The molecule has 0 saturated carbocycles. The lowest BCUT2D eigenvalue weighted by atomic mass is 10.3. The van der Waals surface area contributed by atoms with Crippen molar-refractivity contribution in [3.05, 3.63) is 30.3 Å². The fraction of sp³-hybridized carbons (Fsp3) is 0.455. The van der Waals surface area contributed by atoms with E-state index in [0.29, 0.717) is 6.54 Å². The Balaban J connectivity index is 2.91. The molecule has 0 heterocycles. The second-order valence-corrected chi connectivity index (χ2v) is 5.43. The van der Waals surface area contributed by atoms with Gasteiger partial charge in [0.2, 0.25) is 10.0 Å². The largest absolute Gasteiger partial charge is 0.380 e. The molecule has 0 bridgehead atoms. The number of nitrogens with zero attached hydrogens (tertiary/aromatic N) is 1. The van der Waals surface area contributed by atoms with Gasteiger partial charge in [-0.15, -0.1) is 0 Å². The van der Waals surface area contributed by atoms with Gasteiger partial charge in [0.1, 0.15) is 6.73 Å². The molecule has 0 spiro atoms. The highest BCUT2D eigenvalue weighted by molar-refractivity contribution is 7.89. The maximum Gasteiger partial charge on any atom is 0.245 e. The van der Waals surface area contributed by atoms with Crippen LogP contribution >= 0.6 is 0 Å². The quantitative estimate of drug-likeness (QED) is 0.769. The lowest BCUT2D eigenvalue weighted by molar-refractivity contribution is 0.177. The molecule has 0 fully saturated rings. The molecule has 16 heavy (non-hydrogen) atoms. The Hall–Kier alpha value is -0.910. The molecule has 0 atom stereocenters. The first kappa shape index (κ1) is 13.2. The SMILES string of the molecule is CCCCN(CO)S(=O)(=O)c1ccccc1. The number of hydrogen-bond donors (Lipinski definition) is 1. The molecular weight excluding hydrogens is 226 g/mol. The first-order valence-corrected chi connectivity index (χ1v) is 6.73. The monoisotopic (exact) mass is 243 g/mol. The number of aliphatic hydroxyl groups is 1. The second-order valence-electron chi connectivity index (χ2n) is 3.49. The number of hydrogen-bond acceptors (Lipinski definition) is 3. The third-order valence-electron chi connectivity index (χ3n) is 2.30. The summed E-state index contributed by atoms with van der Waals surface area (Å²) in [7, 11) is -3.54. The Kier molecular flexibility index (Phi) is 4.92. The molecule has 0 aromatic heterocycles. The molecule has 1 aromatic rings. The van der Waals surface area contributed by atoms with Crippen LogP contribution in [0.5, 0.6) is 0 Å². The van der Waals surface area contributed by atoms with Crippen molar-refractivity contribution < 1.29 is 13.5 Å².